The van der Waals surface area contributed by atoms with Crippen molar-refractivity contribution < 1.29 is 18.3 Å². The first kappa shape index (κ1) is 20.7. The predicted molar refractivity (Wildman–Crippen MR) is 117 cm³/mol. The SMILES string of the molecule is O=C(Nc1nc(CN2CCOCC2)cs1)c1cccn2cc(-c3ccc(F)c(F)c3)nc12. The highest BCUT2D eigenvalue weighted by Crippen LogP contribution is 2.24. The van der Waals surface area contributed by atoms with Crippen molar-refractivity contribution in [2.45, 2.75) is 6.54 Å². The molecule has 1 N–H and O–H groups in total. The predicted octanol–water partition coefficient (Wildman–Crippen LogP) is 3.82. The number of imidazole rings is 1. The maximum Gasteiger partial charge on any atom is 0.261 e. The average molecular weight is 455 g/mol. The molecule has 10 heteroatoms. The van der Waals surface area contributed by atoms with E-state index in [2.05, 4.69) is 20.2 Å². The van der Waals surface area contributed by atoms with Crippen LogP contribution in [0.4, 0.5) is 13.9 Å². The number of carbonyl (C=O) groups is 1. The van der Waals surface area contributed by atoms with Crippen molar-refractivity contribution in [1.82, 2.24) is 19.3 Å². The van der Waals surface area contributed by atoms with E-state index >= 15 is 0 Å². The largest absolute Gasteiger partial charge is 0.379 e. The van der Waals surface area contributed by atoms with Gasteiger partial charge in [0, 0.05) is 43.0 Å². The lowest BCUT2D eigenvalue weighted by Gasteiger charge is -2.25. The van der Waals surface area contributed by atoms with Gasteiger partial charge in [-0.05, 0) is 30.3 Å². The van der Waals surface area contributed by atoms with E-state index < -0.39 is 11.6 Å². The molecule has 1 aromatic carbocycles. The van der Waals surface area contributed by atoms with Gasteiger partial charge in [0.2, 0.25) is 0 Å². The number of hydrogen-bond donors (Lipinski definition) is 1. The van der Waals surface area contributed by atoms with Gasteiger partial charge in [-0.2, -0.15) is 0 Å². The molecule has 1 aliphatic heterocycles. The molecule has 4 heterocycles. The molecule has 1 amide bonds. The molecule has 1 aliphatic rings. The Bertz CT molecular complexity index is 1280. The lowest BCUT2D eigenvalue weighted by Crippen LogP contribution is -2.35. The van der Waals surface area contributed by atoms with Crippen molar-refractivity contribution in [3.8, 4) is 11.3 Å². The van der Waals surface area contributed by atoms with Gasteiger partial charge in [-0.25, -0.2) is 18.7 Å². The summed E-state index contributed by atoms with van der Waals surface area (Å²) in [4.78, 5) is 24.2. The standard InChI is InChI=1S/C22H19F2N5O2S/c23-17-4-3-14(10-18(17)24)19-12-29-5-1-2-16(20(29)26-19)21(30)27-22-25-15(13-32-22)11-28-6-8-31-9-7-28/h1-5,10,12-13H,6-9,11H2,(H,25,27,30). The Hall–Kier alpha value is -3.21. The van der Waals surface area contributed by atoms with E-state index in [0.717, 1.165) is 30.9 Å². The first-order chi connectivity index (χ1) is 15.6. The number of nitrogens with zero attached hydrogens (tertiary/aromatic N) is 4. The number of carbonyl (C=O) groups excluding carboxylic acids is 1. The van der Waals surface area contributed by atoms with Crippen LogP contribution in [0.2, 0.25) is 0 Å². The lowest BCUT2D eigenvalue weighted by atomic mass is 10.1. The number of pyridine rings is 1. The molecule has 32 heavy (non-hydrogen) atoms. The molecule has 0 radical (unpaired) electrons. The number of rotatable bonds is 5. The summed E-state index contributed by atoms with van der Waals surface area (Å²) in [5.74, 6) is -2.21. The number of halogens is 2. The van der Waals surface area contributed by atoms with Crippen molar-refractivity contribution >= 4 is 28.0 Å². The van der Waals surface area contributed by atoms with Gasteiger partial charge >= 0.3 is 0 Å². The number of aromatic nitrogens is 3. The van der Waals surface area contributed by atoms with Crippen molar-refractivity contribution in [2.24, 2.45) is 0 Å². The Morgan fingerprint density at radius 2 is 2.00 bits per heavy atom. The minimum atomic E-state index is -0.950. The van der Waals surface area contributed by atoms with Crippen LogP contribution < -0.4 is 5.32 Å². The fourth-order valence-corrected chi connectivity index (χ4v) is 4.27. The third-order valence-electron chi connectivity index (χ3n) is 5.20. The van der Waals surface area contributed by atoms with Crippen LogP contribution >= 0.6 is 11.3 Å². The summed E-state index contributed by atoms with van der Waals surface area (Å²) in [6.45, 7) is 3.87. The number of hydrogen-bond acceptors (Lipinski definition) is 6. The number of ether oxygens (including phenoxy) is 1. The van der Waals surface area contributed by atoms with Gasteiger partial charge in [0.25, 0.3) is 5.91 Å². The summed E-state index contributed by atoms with van der Waals surface area (Å²) < 4.78 is 33.9. The third-order valence-corrected chi connectivity index (χ3v) is 6.01. The Labute approximate surface area is 186 Å². The number of fused-ring (bicyclic) bond motifs is 1. The Morgan fingerprint density at radius 3 is 2.81 bits per heavy atom. The highest BCUT2D eigenvalue weighted by atomic mass is 32.1. The summed E-state index contributed by atoms with van der Waals surface area (Å²) in [5, 5.41) is 5.28. The van der Waals surface area contributed by atoms with E-state index in [1.807, 2.05) is 5.38 Å². The molecule has 164 valence electrons. The molecule has 0 aliphatic carbocycles. The number of amides is 1. The number of morpholine rings is 1. The Morgan fingerprint density at radius 1 is 1.16 bits per heavy atom. The fraction of sp³-hybridized carbons (Fsp3) is 0.227. The molecule has 0 saturated carbocycles. The lowest BCUT2D eigenvalue weighted by molar-refractivity contribution is 0.0337. The molecule has 0 bridgehead atoms. The number of nitrogens with one attached hydrogen (secondary N) is 1. The van der Waals surface area contributed by atoms with Gasteiger partial charge in [-0.1, -0.05) is 0 Å². The fourth-order valence-electron chi connectivity index (χ4n) is 3.57. The summed E-state index contributed by atoms with van der Waals surface area (Å²) >= 11 is 1.37. The van der Waals surface area contributed by atoms with E-state index in [1.165, 1.54) is 17.4 Å². The number of benzene rings is 1. The summed E-state index contributed by atoms with van der Waals surface area (Å²) in [5.41, 5.74) is 2.52. The van der Waals surface area contributed by atoms with Gasteiger partial charge in [-0.15, -0.1) is 11.3 Å². The monoisotopic (exact) mass is 455 g/mol. The van der Waals surface area contributed by atoms with Gasteiger partial charge in [0.05, 0.1) is 30.2 Å². The maximum atomic E-state index is 13.6. The zero-order valence-electron chi connectivity index (χ0n) is 16.9. The number of thiazole rings is 1. The van der Waals surface area contributed by atoms with Crippen LogP contribution in [0.5, 0.6) is 0 Å². The minimum Gasteiger partial charge on any atom is -0.379 e. The van der Waals surface area contributed by atoms with Crippen LogP contribution in [0, 0.1) is 11.6 Å². The first-order valence-electron chi connectivity index (χ1n) is 10.1. The molecule has 7 nitrogen and oxygen atoms in total. The van der Waals surface area contributed by atoms with Crippen molar-refractivity contribution in [2.75, 3.05) is 31.6 Å². The summed E-state index contributed by atoms with van der Waals surface area (Å²) in [6.07, 6.45) is 3.41. The highest BCUT2D eigenvalue weighted by molar-refractivity contribution is 7.14. The first-order valence-corrected chi connectivity index (χ1v) is 10.9. The molecule has 1 fully saturated rings. The molecule has 3 aromatic heterocycles. The van der Waals surface area contributed by atoms with E-state index in [0.29, 0.717) is 47.4 Å². The highest BCUT2D eigenvalue weighted by Gasteiger charge is 2.17. The van der Waals surface area contributed by atoms with E-state index in [4.69, 9.17) is 4.74 Å². The maximum absolute atomic E-state index is 13.6. The number of anilines is 1. The Kier molecular flexibility index (Phi) is 5.64. The smallest absolute Gasteiger partial charge is 0.261 e. The molecule has 4 aromatic rings. The molecule has 0 unspecified atom stereocenters. The average Bonchev–Trinajstić information content (AvgIpc) is 3.43. The summed E-state index contributed by atoms with van der Waals surface area (Å²) in [7, 11) is 0. The van der Waals surface area contributed by atoms with Crippen molar-refractivity contribution in [3.05, 3.63) is 71.0 Å². The molecular weight excluding hydrogens is 436 g/mol. The second-order valence-corrected chi connectivity index (χ2v) is 8.25. The van der Waals surface area contributed by atoms with Gasteiger partial charge in [-0.3, -0.25) is 15.0 Å². The summed E-state index contributed by atoms with van der Waals surface area (Å²) in [6, 6.07) is 6.98. The van der Waals surface area contributed by atoms with E-state index in [1.54, 1.807) is 28.9 Å². The van der Waals surface area contributed by atoms with Crippen molar-refractivity contribution in [3.63, 3.8) is 0 Å². The van der Waals surface area contributed by atoms with Crippen molar-refractivity contribution in [1.29, 1.82) is 0 Å². The molecule has 0 atom stereocenters. The van der Waals surface area contributed by atoms with Crippen LogP contribution in [0.15, 0.2) is 48.1 Å². The van der Waals surface area contributed by atoms with Crippen LogP contribution in [0.3, 0.4) is 0 Å². The van der Waals surface area contributed by atoms with E-state index in [9.17, 15) is 13.6 Å². The van der Waals surface area contributed by atoms with Gasteiger partial charge in [0.1, 0.15) is 5.65 Å². The van der Waals surface area contributed by atoms with Crippen LogP contribution in [-0.4, -0.2) is 51.5 Å². The quantitative estimate of drug-likeness (QED) is 0.495. The third kappa shape index (κ3) is 4.24. The van der Waals surface area contributed by atoms with Gasteiger partial charge < -0.3 is 9.14 Å². The Balaban J connectivity index is 1.35. The normalized spacial score (nSPS) is 14.7. The molecule has 0 spiro atoms. The molecular formula is C22H19F2N5O2S. The molecule has 1 saturated heterocycles. The zero-order chi connectivity index (χ0) is 22.1. The second-order valence-electron chi connectivity index (χ2n) is 7.39. The van der Waals surface area contributed by atoms with E-state index in [-0.39, 0.29) is 5.91 Å². The zero-order valence-corrected chi connectivity index (χ0v) is 17.7. The topological polar surface area (TPSA) is 71.8 Å². The van der Waals surface area contributed by atoms with Crippen LogP contribution in [-0.2, 0) is 11.3 Å². The van der Waals surface area contributed by atoms with Crippen LogP contribution in [0.1, 0.15) is 16.1 Å². The second kappa shape index (κ2) is 8.73. The molecule has 5 rings (SSSR count). The van der Waals surface area contributed by atoms with Gasteiger partial charge in [0.15, 0.2) is 16.8 Å². The minimum absolute atomic E-state index is 0.342. The van der Waals surface area contributed by atoms with Crippen LogP contribution in [0.25, 0.3) is 16.9 Å².